The quantitative estimate of drug-likeness (QED) is 0.837. The highest BCUT2D eigenvalue weighted by Crippen LogP contribution is 2.29. The Labute approximate surface area is 123 Å². The molecule has 0 saturated heterocycles. The number of anilines is 2. The van der Waals surface area contributed by atoms with Crippen LogP contribution in [0.3, 0.4) is 0 Å². The van der Waals surface area contributed by atoms with E-state index in [9.17, 15) is 18.4 Å². The second-order valence-corrected chi connectivity index (χ2v) is 4.60. The van der Waals surface area contributed by atoms with E-state index in [1.807, 2.05) is 0 Å². The third-order valence-electron chi connectivity index (χ3n) is 3.05. The van der Waals surface area contributed by atoms with Crippen LogP contribution < -0.4 is 15.4 Å². The first-order valence-electron chi connectivity index (χ1n) is 6.37. The van der Waals surface area contributed by atoms with E-state index in [1.165, 1.54) is 6.07 Å². The van der Waals surface area contributed by atoms with Gasteiger partial charge in [-0.25, -0.2) is 8.78 Å². The fourth-order valence-corrected chi connectivity index (χ4v) is 2.01. The first-order valence-corrected chi connectivity index (χ1v) is 6.37. The lowest BCUT2D eigenvalue weighted by Crippen LogP contribution is -2.45. The zero-order valence-corrected chi connectivity index (χ0v) is 11.1. The first kappa shape index (κ1) is 14.0. The highest BCUT2D eigenvalue weighted by Gasteiger charge is 2.33. The number of rotatable bonds is 2. The van der Waals surface area contributed by atoms with Crippen LogP contribution in [0.5, 0.6) is 5.75 Å². The number of para-hydroxylation sites is 2. The van der Waals surface area contributed by atoms with Crippen molar-refractivity contribution in [1.29, 1.82) is 0 Å². The molecule has 1 heterocycles. The van der Waals surface area contributed by atoms with Crippen molar-refractivity contribution in [3.05, 3.63) is 54.1 Å². The number of carbonyl (C=O) groups excluding carboxylic acids is 2. The minimum Gasteiger partial charge on any atom is -0.468 e. The monoisotopic (exact) mass is 304 g/mol. The van der Waals surface area contributed by atoms with Crippen LogP contribution in [0.4, 0.5) is 20.2 Å². The third-order valence-corrected chi connectivity index (χ3v) is 3.05. The molecule has 22 heavy (non-hydrogen) atoms. The maximum Gasteiger partial charge on any atom is 0.275 e. The molecule has 112 valence electrons. The second kappa shape index (κ2) is 5.44. The summed E-state index contributed by atoms with van der Waals surface area (Å²) in [4.78, 5) is 23.9. The lowest BCUT2D eigenvalue weighted by atomic mass is 10.2. The predicted molar refractivity (Wildman–Crippen MR) is 74.5 cm³/mol. The maximum absolute atomic E-state index is 13.1. The van der Waals surface area contributed by atoms with Gasteiger partial charge in [-0.2, -0.15) is 0 Å². The number of halogens is 2. The lowest BCUT2D eigenvalue weighted by molar-refractivity contribution is -0.133. The number of hydrogen-bond acceptors (Lipinski definition) is 3. The van der Waals surface area contributed by atoms with Crippen LogP contribution in [0.25, 0.3) is 0 Å². The average molecular weight is 304 g/mol. The van der Waals surface area contributed by atoms with Gasteiger partial charge in [0.15, 0.2) is 11.6 Å². The summed E-state index contributed by atoms with van der Waals surface area (Å²) in [7, 11) is 0. The molecule has 0 unspecified atom stereocenters. The molecule has 5 nitrogen and oxygen atoms in total. The maximum atomic E-state index is 13.1. The van der Waals surface area contributed by atoms with E-state index in [1.54, 1.807) is 24.3 Å². The van der Waals surface area contributed by atoms with Gasteiger partial charge in [0, 0.05) is 11.8 Å². The van der Waals surface area contributed by atoms with Gasteiger partial charge < -0.3 is 15.4 Å². The Hall–Kier alpha value is -2.96. The van der Waals surface area contributed by atoms with Gasteiger partial charge in [0.2, 0.25) is 0 Å². The number of fused-ring (bicyclic) bond motifs is 1. The SMILES string of the molecule is O=C(Nc1ccc(F)c(F)c1)[C@@H]1Oc2ccccc2NC1=O. The molecule has 0 fully saturated rings. The Balaban J connectivity index is 1.78. The van der Waals surface area contributed by atoms with Crippen LogP contribution >= 0.6 is 0 Å². The standard InChI is InChI=1S/C15H10F2N2O3/c16-9-6-5-8(7-10(9)17)18-14(20)13-15(21)19-11-3-1-2-4-12(11)22-13/h1-7,13H,(H,18,20)(H,19,21)/t13-/m0/s1. The summed E-state index contributed by atoms with van der Waals surface area (Å²) in [6.07, 6.45) is -1.41. The van der Waals surface area contributed by atoms with E-state index in [0.29, 0.717) is 11.4 Å². The van der Waals surface area contributed by atoms with Crippen LogP contribution in [0, 0.1) is 11.6 Å². The van der Waals surface area contributed by atoms with Gasteiger partial charge in [0.05, 0.1) is 5.69 Å². The molecule has 2 amide bonds. The summed E-state index contributed by atoms with van der Waals surface area (Å²) < 4.78 is 31.3. The van der Waals surface area contributed by atoms with Crippen LogP contribution in [-0.4, -0.2) is 17.9 Å². The van der Waals surface area contributed by atoms with Crippen molar-refractivity contribution in [2.45, 2.75) is 6.10 Å². The Morgan fingerprint density at radius 3 is 2.68 bits per heavy atom. The Kier molecular flexibility index (Phi) is 3.46. The predicted octanol–water partition coefficient (Wildman–Crippen LogP) is 2.30. The minimum absolute atomic E-state index is 0.0270. The number of benzene rings is 2. The van der Waals surface area contributed by atoms with E-state index in [2.05, 4.69) is 10.6 Å². The zero-order chi connectivity index (χ0) is 15.7. The molecule has 0 saturated carbocycles. The van der Waals surface area contributed by atoms with E-state index in [4.69, 9.17) is 4.74 Å². The van der Waals surface area contributed by atoms with Gasteiger partial charge in [-0.05, 0) is 24.3 Å². The number of amides is 2. The minimum atomic E-state index is -1.41. The second-order valence-electron chi connectivity index (χ2n) is 4.60. The molecular weight excluding hydrogens is 294 g/mol. The summed E-state index contributed by atoms with van der Waals surface area (Å²) in [5.41, 5.74) is 0.489. The van der Waals surface area contributed by atoms with Crippen molar-refractivity contribution in [3.8, 4) is 5.75 Å². The first-order chi connectivity index (χ1) is 10.5. The van der Waals surface area contributed by atoms with Crippen LogP contribution in [0.15, 0.2) is 42.5 Å². The van der Waals surface area contributed by atoms with Crippen molar-refractivity contribution in [2.75, 3.05) is 10.6 Å². The van der Waals surface area contributed by atoms with Crippen LogP contribution in [-0.2, 0) is 9.59 Å². The van der Waals surface area contributed by atoms with Crippen molar-refractivity contribution in [1.82, 2.24) is 0 Å². The highest BCUT2D eigenvalue weighted by atomic mass is 19.2. The van der Waals surface area contributed by atoms with E-state index in [0.717, 1.165) is 12.1 Å². The average Bonchev–Trinajstić information content (AvgIpc) is 2.50. The van der Waals surface area contributed by atoms with E-state index < -0.39 is 29.6 Å². The topological polar surface area (TPSA) is 67.4 Å². The van der Waals surface area contributed by atoms with Gasteiger partial charge in [-0.3, -0.25) is 9.59 Å². The van der Waals surface area contributed by atoms with Gasteiger partial charge in [0.1, 0.15) is 5.75 Å². The highest BCUT2D eigenvalue weighted by molar-refractivity contribution is 6.15. The summed E-state index contributed by atoms with van der Waals surface area (Å²) in [6, 6.07) is 9.53. The van der Waals surface area contributed by atoms with Gasteiger partial charge in [-0.1, -0.05) is 12.1 Å². The van der Waals surface area contributed by atoms with Crippen molar-refractivity contribution >= 4 is 23.2 Å². The molecule has 1 aliphatic heterocycles. The van der Waals surface area contributed by atoms with Gasteiger partial charge >= 0.3 is 0 Å². The molecule has 1 atom stereocenters. The summed E-state index contributed by atoms with van der Waals surface area (Å²) in [6.45, 7) is 0. The molecule has 0 aliphatic carbocycles. The molecule has 3 rings (SSSR count). The molecule has 7 heteroatoms. The fourth-order valence-electron chi connectivity index (χ4n) is 2.01. The molecule has 0 aromatic heterocycles. The molecule has 1 aliphatic rings. The van der Waals surface area contributed by atoms with E-state index >= 15 is 0 Å². The van der Waals surface area contributed by atoms with Crippen molar-refractivity contribution in [3.63, 3.8) is 0 Å². The van der Waals surface area contributed by atoms with Gasteiger partial charge in [0.25, 0.3) is 17.9 Å². The lowest BCUT2D eigenvalue weighted by Gasteiger charge is -2.24. The number of carbonyl (C=O) groups is 2. The summed E-state index contributed by atoms with van der Waals surface area (Å²) in [5.74, 6) is -3.19. The van der Waals surface area contributed by atoms with Crippen molar-refractivity contribution < 1.29 is 23.1 Å². The molecule has 2 aromatic carbocycles. The summed E-state index contributed by atoms with van der Waals surface area (Å²) in [5, 5.41) is 4.85. The molecule has 0 spiro atoms. The number of nitrogens with one attached hydrogen (secondary N) is 2. The number of hydrogen-bond donors (Lipinski definition) is 2. The largest absolute Gasteiger partial charge is 0.468 e. The molecule has 2 N–H and O–H groups in total. The zero-order valence-electron chi connectivity index (χ0n) is 11.1. The number of ether oxygens (including phenoxy) is 1. The molecule has 0 bridgehead atoms. The van der Waals surface area contributed by atoms with E-state index in [-0.39, 0.29) is 5.69 Å². The van der Waals surface area contributed by atoms with Crippen LogP contribution in [0.2, 0.25) is 0 Å². The fraction of sp³-hybridized carbons (Fsp3) is 0.0667. The van der Waals surface area contributed by atoms with Gasteiger partial charge in [-0.15, -0.1) is 0 Å². The third kappa shape index (κ3) is 2.60. The molecule has 0 radical (unpaired) electrons. The Bertz CT molecular complexity index is 764. The Morgan fingerprint density at radius 1 is 1.14 bits per heavy atom. The molecular formula is C15H10F2N2O3. The normalized spacial score (nSPS) is 16.3. The Morgan fingerprint density at radius 2 is 1.91 bits per heavy atom. The summed E-state index contributed by atoms with van der Waals surface area (Å²) >= 11 is 0. The molecule has 2 aromatic rings. The van der Waals surface area contributed by atoms with Crippen LogP contribution in [0.1, 0.15) is 0 Å². The smallest absolute Gasteiger partial charge is 0.275 e. The van der Waals surface area contributed by atoms with Crippen molar-refractivity contribution in [2.24, 2.45) is 0 Å².